The number of amides is 1. The van der Waals surface area contributed by atoms with Crippen molar-refractivity contribution in [1.82, 2.24) is 14.4 Å². The van der Waals surface area contributed by atoms with Crippen molar-refractivity contribution in [2.24, 2.45) is 5.92 Å². The second-order valence-corrected chi connectivity index (χ2v) is 8.36. The molecule has 3 rings (SSSR count). The quantitative estimate of drug-likeness (QED) is 0.873. The molecule has 9 heteroatoms. The first-order valence-corrected chi connectivity index (χ1v) is 9.90. The van der Waals surface area contributed by atoms with Crippen LogP contribution in [0.4, 0.5) is 5.82 Å². The van der Waals surface area contributed by atoms with Gasteiger partial charge in [-0.2, -0.15) is 4.31 Å². The van der Waals surface area contributed by atoms with E-state index in [1.54, 1.807) is 19.9 Å². The van der Waals surface area contributed by atoms with E-state index < -0.39 is 10.0 Å². The predicted octanol–water partition coefficient (Wildman–Crippen LogP) is 2.03. The number of carbonyl (C=O) groups is 1. The molecule has 3 heterocycles. The van der Waals surface area contributed by atoms with Crippen LogP contribution in [0.2, 0.25) is 0 Å². The van der Waals surface area contributed by atoms with E-state index in [1.165, 1.54) is 4.31 Å². The molecule has 2 aromatic rings. The van der Waals surface area contributed by atoms with Gasteiger partial charge in [0.2, 0.25) is 15.9 Å². The minimum Gasteiger partial charge on any atom is -0.360 e. The fourth-order valence-electron chi connectivity index (χ4n) is 3.17. The first-order valence-electron chi connectivity index (χ1n) is 8.46. The molecule has 0 atom stereocenters. The van der Waals surface area contributed by atoms with Gasteiger partial charge >= 0.3 is 0 Å². The van der Waals surface area contributed by atoms with Crippen LogP contribution < -0.4 is 5.32 Å². The zero-order chi connectivity index (χ0) is 18.9. The summed E-state index contributed by atoms with van der Waals surface area (Å²) in [4.78, 5) is 16.8. The Morgan fingerprint density at radius 1 is 1.23 bits per heavy atom. The Hall–Kier alpha value is -2.26. The van der Waals surface area contributed by atoms with Gasteiger partial charge in [0.05, 0.1) is 0 Å². The maximum Gasteiger partial charge on any atom is 0.248 e. The lowest BCUT2D eigenvalue weighted by molar-refractivity contribution is -0.120. The molecule has 1 aliphatic heterocycles. The first kappa shape index (κ1) is 18.5. The SMILES string of the molecule is Cc1cccc(NC(=O)C2CCN(S(=O)(=O)c3c(C)noc3C)CC2)n1. The highest BCUT2D eigenvalue weighted by molar-refractivity contribution is 7.89. The number of hydrogen-bond donors (Lipinski definition) is 1. The van der Waals surface area contributed by atoms with Crippen LogP contribution in [0.5, 0.6) is 0 Å². The molecular weight excluding hydrogens is 356 g/mol. The third-order valence-electron chi connectivity index (χ3n) is 4.53. The summed E-state index contributed by atoms with van der Waals surface area (Å²) in [6.45, 7) is 5.62. The molecule has 140 valence electrons. The van der Waals surface area contributed by atoms with Crippen LogP contribution >= 0.6 is 0 Å². The Balaban J connectivity index is 1.65. The van der Waals surface area contributed by atoms with Crippen molar-refractivity contribution in [3.05, 3.63) is 35.3 Å². The molecule has 2 aromatic heterocycles. The zero-order valence-corrected chi connectivity index (χ0v) is 15.8. The largest absolute Gasteiger partial charge is 0.360 e. The Morgan fingerprint density at radius 3 is 2.50 bits per heavy atom. The molecule has 1 N–H and O–H groups in total. The number of rotatable bonds is 4. The van der Waals surface area contributed by atoms with Gasteiger partial charge in [-0.15, -0.1) is 0 Å². The zero-order valence-electron chi connectivity index (χ0n) is 15.0. The number of pyridine rings is 1. The van der Waals surface area contributed by atoms with Crippen molar-refractivity contribution >= 4 is 21.7 Å². The van der Waals surface area contributed by atoms with Crippen LogP contribution in [0.3, 0.4) is 0 Å². The number of piperidine rings is 1. The lowest BCUT2D eigenvalue weighted by Gasteiger charge is -2.30. The maximum atomic E-state index is 12.8. The van der Waals surface area contributed by atoms with E-state index in [1.807, 2.05) is 19.1 Å². The highest BCUT2D eigenvalue weighted by atomic mass is 32.2. The molecule has 8 nitrogen and oxygen atoms in total. The summed E-state index contributed by atoms with van der Waals surface area (Å²) < 4.78 is 32.0. The second-order valence-electron chi connectivity index (χ2n) is 6.49. The fraction of sp³-hybridized carbons (Fsp3) is 0.471. The van der Waals surface area contributed by atoms with E-state index in [2.05, 4.69) is 15.5 Å². The molecule has 0 radical (unpaired) electrons. The Labute approximate surface area is 152 Å². The average molecular weight is 378 g/mol. The van der Waals surface area contributed by atoms with Gasteiger partial charge in [-0.3, -0.25) is 4.79 Å². The smallest absolute Gasteiger partial charge is 0.248 e. The molecular formula is C17H22N4O4S. The number of aromatic nitrogens is 2. The predicted molar refractivity (Wildman–Crippen MR) is 95.1 cm³/mol. The van der Waals surface area contributed by atoms with Gasteiger partial charge in [0.15, 0.2) is 5.76 Å². The van der Waals surface area contributed by atoms with Crippen LogP contribution in [0.15, 0.2) is 27.6 Å². The van der Waals surface area contributed by atoms with E-state index in [9.17, 15) is 13.2 Å². The van der Waals surface area contributed by atoms with Crippen molar-refractivity contribution in [2.75, 3.05) is 18.4 Å². The van der Waals surface area contributed by atoms with Crippen LogP contribution in [-0.4, -0.2) is 41.9 Å². The lowest BCUT2D eigenvalue weighted by atomic mass is 9.97. The van der Waals surface area contributed by atoms with Gasteiger partial charge < -0.3 is 9.84 Å². The molecule has 0 aliphatic carbocycles. The standard InChI is InChI=1S/C17H22N4O4S/c1-11-5-4-6-15(18-11)19-17(22)14-7-9-21(10-8-14)26(23,24)16-12(2)20-25-13(16)3/h4-6,14H,7-10H2,1-3H3,(H,18,19,22). The summed E-state index contributed by atoms with van der Waals surface area (Å²) in [5.74, 6) is 0.430. The second kappa shape index (κ2) is 7.16. The van der Waals surface area contributed by atoms with E-state index in [0.29, 0.717) is 24.4 Å². The van der Waals surface area contributed by atoms with Gasteiger partial charge in [-0.25, -0.2) is 13.4 Å². The van der Waals surface area contributed by atoms with Gasteiger partial charge in [0.25, 0.3) is 0 Å². The third-order valence-corrected chi connectivity index (χ3v) is 6.67. The minimum atomic E-state index is -3.66. The topological polar surface area (TPSA) is 105 Å². The van der Waals surface area contributed by atoms with Crippen molar-refractivity contribution in [1.29, 1.82) is 0 Å². The number of aryl methyl sites for hydroxylation is 3. The lowest BCUT2D eigenvalue weighted by Crippen LogP contribution is -2.41. The van der Waals surface area contributed by atoms with Crippen LogP contribution in [-0.2, 0) is 14.8 Å². The van der Waals surface area contributed by atoms with E-state index >= 15 is 0 Å². The summed E-state index contributed by atoms with van der Waals surface area (Å²) in [6, 6.07) is 5.42. The number of nitrogens with one attached hydrogen (secondary N) is 1. The molecule has 0 bridgehead atoms. The Morgan fingerprint density at radius 2 is 1.92 bits per heavy atom. The van der Waals surface area contributed by atoms with Crippen LogP contribution in [0.25, 0.3) is 0 Å². The number of hydrogen-bond acceptors (Lipinski definition) is 6. The van der Waals surface area contributed by atoms with Crippen molar-refractivity contribution in [2.45, 2.75) is 38.5 Å². The summed E-state index contributed by atoms with van der Waals surface area (Å²) >= 11 is 0. The summed E-state index contributed by atoms with van der Waals surface area (Å²) in [6.07, 6.45) is 0.917. The Kier molecular flexibility index (Phi) is 5.10. The van der Waals surface area contributed by atoms with Gasteiger partial charge in [-0.1, -0.05) is 11.2 Å². The van der Waals surface area contributed by atoms with Gasteiger partial charge in [-0.05, 0) is 45.7 Å². The summed E-state index contributed by atoms with van der Waals surface area (Å²) in [5.41, 5.74) is 1.18. The molecule has 1 fully saturated rings. The van der Waals surface area contributed by atoms with E-state index in [0.717, 1.165) is 5.69 Å². The molecule has 26 heavy (non-hydrogen) atoms. The van der Waals surface area contributed by atoms with E-state index in [4.69, 9.17) is 4.52 Å². The number of nitrogens with zero attached hydrogens (tertiary/aromatic N) is 3. The van der Waals surface area contributed by atoms with Gasteiger partial charge in [0.1, 0.15) is 16.4 Å². The van der Waals surface area contributed by atoms with Gasteiger partial charge in [0, 0.05) is 24.7 Å². The minimum absolute atomic E-state index is 0.127. The number of sulfonamides is 1. The first-order chi connectivity index (χ1) is 12.3. The monoisotopic (exact) mass is 378 g/mol. The molecule has 1 amide bonds. The molecule has 0 unspecified atom stereocenters. The normalized spacial score (nSPS) is 16.6. The number of carbonyl (C=O) groups excluding carboxylic acids is 1. The van der Waals surface area contributed by atoms with Crippen LogP contribution in [0, 0.1) is 26.7 Å². The van der Waals surface area contributed by atoms with Crippen molar-refractivity contribution in [3.63, 3.8) is 0 Å². The maximum absolute atomic E-state index is 12.8. The summed E-state index contributed by atoms with van der Waals surface area (Å²) in [7, 11) is -3.66. The average Bonchev–Trinajstić information content (AvgIpc) is 2.94. The van der Waals surface area contributed by atoms with Crippen LogP contribution in [0.1, 0.15) is 30.0 Å². The van der Waals surface area contributed by atoms with Crippen molar-refractivity contribution < 1.29 is 17.7 Å². The summed E-state index contributed by atoms with van der Waals surface area (Å²) in [5, 5.41) is 6.53. The third kappa shape index (κ3) is 3.63. The van der Waals surface area contributed by atoms with Crippen molar-refractivity contribution in [3.8, 4) is 0 Å². The molecule has 0 aromatic carbocycles. The van der Waals surface area contributed by atoms with E-state index in [-0.39, 0.29) is 35.6 Å². The number of anilines is 1. The molecule has 1 saturated heterocycles. The Bertz CT molecular complexity index is 895. The molecule has 1 aliphatic rings. The molecule has 0 spiro atoms. The highest BCUT2D eigenvalue weighted by Gasteiger charge is 2.35. The highest BCUT2D eigenvalue weighted by Crippen LogP contribution is 2.28. The molecule has 0 saturated carbocycles. The fourth-order valence-corrected chi connectivity index (χ4v) is 4.93.